The van der Waals surface area contributed by atoms with Crippen molar-refractivity contribution in [3.8, 4) is 0 Å². The van der Waals surface area contributed by atoms with E-state index in [1.165, 1.54) is 6.07 Å². The van der Waals surface area contributed by atoms with Crippen molar-refractivity contribution in [2.24, 2.45) is 11.8 Å². The van der Waals surface area contributed by atoms with Crippen molar-refractivity contribution in [3.05, 3.63) is 47.5 Å². The molecule has 1 aromatic carbocycles. The van der Waals surface area contributed by atoms with Crippen molar-refractivity contribution >= 4 is 5.78 Å². The number of hydrogen-bond donors (Lipinski definition) is 0. The van der Waals surface area contributed by atoms with Gasteiger partial charge in [0.15, 0.2) is 17.4 Å². The summed E-state index contributed by atoms with van der Waals surface area (Å²) >= 11 is 0. The average Bonchev–Trinajstić information content (AvgIpc) is 2.48. The summed E-state index contributed by atoms with van der Waals surface area (Å²) in [6.45, 7) is 4.31. The van der Waals surface area contributed by atoms with Crippen LogP contribution in [0.4, 0.5) is 8.78 Å². The zero-order valence-electron chi connectivity index (χ0n) is 12.3. The van der Waals surface area contributed by atoms with Crippen molar-refractivity contribution in [2.75, 3.05) is 6.61 Å². The van der Waals surface area contributed by atoms with Crippen LogP contribution < -0.4 is 0 Å². The van der Waals surface area contributed by atoms with Crippen LogP contribution in [0, 0.1) is 23.5 Å². The number of halogens is 2. The maximum absolute atomic E-state index is 13.2. The monoisotopic (exact) mass is 294 g/mol. The van der Waals surface area contributed by atoms with Crippen LogP contribution in [0.15, 0.2) is 30.4 Å². The number of rotatable bonds is 5. The predicted octanol–water partition coefficient (Wildman–Crippen LogP) is 4.15. The highest BCUT2D eigenvalue weighted by molar-refractivity contribution is 5.99. The van der Waals surface area contributed by atoms with Crippen LogP contribution in [0.1, 0.15) is 37.0 Å². The molecule has 0 heterocycles. The zero-order chi connectivity index (χ0) is 15.4. The number of ether oxygens (including phenoxy) is 1. The Balaban J connectivity index is 1.93. The molecule has 0 amide bonds. The largest absolute Gasteiger partial charge is 0.370 e. The third-order valence-electron chi connectivity index (χ3n) is 4.05. The van der Waals surface area contributed by atoms with Crippen molar-refractivity contribution in [3.63, 3.8) is 0 Å². The predicted molar refractivity (Wildman–Crippen MR) is 77.1 cm³/mol. The van der Waals surface area contributed by atoms with E-state index in [0.29, 0.717) is 18.4 Å². The van der Waals surface area contributed by atoms with Gasteiger partial charge in [-0.05, 0) is 49.8 Å². The lowest BCUT2D eigenvalue weighted by Gasteiger charge is -2.26. The Morgan fingerprint density at radius 2 is 2.00 bits per heavy atom. The molecule has 4 heteroatoms. The van der Waals surface area contributed by atoms with Gasteiger partial charge >= 0.3 is 0 Å². The van der Waals surface area contributed by atoms with E-state index in [9.17, 15) is 13.6 Å². The maximum Gasteiger partial charge on any atom is 0.191 e. The van der Waals surface area contributed by atoms with Crippen LogP contribution in [0.25, 0.3) is 0 Å². The highest BCUT2D eigenvalue weighted by Gasteiger charge is 2.22. The van der Waals surface area contributed by atoms with E-state index >= 15 is 0 Å². The molecule has 3 atom stereocenters. The number of Topliss-reactive ketones (excluding diaryl/α,β-unsaturated/α-hetero) is 1. The van der Waals surface area contributed by atoms with E-state index < -0.39 is 17.7 Å². The van der Waals surface area contributed by atoms with Gasteiger partial charge in [-0.1, -0.05) is 19.1 Å². The van der Waals surface area contributed by atoms with Crippen LogP contribution in [-0.2, 0) is 4.74 Å². The molecule has 21 heavy (non-hydrogen) atoms. The van der Waals surface area contributed by atoms with E-state index in [0.717, 1.165) is 25.0 Å². The Labute approximate surface area is 123 Å². The number of allylic oxidation sites excluding steroid dienone is 2. The Hall–Kier alpha value is -1.55. The SMILES string of the molecule is CC(OCC1CC=CCC1C)C(=O)c1ccc(F)c(F)c1. The third-order valence-corrected chi connectivity index (χ3v) is 4.05. The van der Waals surface area contributed by atoms with Crippen molar-refractivity contribution in [2.45, 2.75) is 32.8 Å². The first-order valence-corrected chi connectivity index (χ1v) is 7.25. The van der Waals surface area contributed by atoms with Gasteiger partial charge in [0.05, 0.1) is 6.61 Å². The van der Waals surface area contributed by atoms with Gasteiger partial charge in [0.2, 0.25) is 0 Å². The molecule has 0 radical (unpaired) electrons. The van der Waals surface area contributed by atoms with Gasteiger partial charge in [-0.25, -0.2) is 8.78 Å². The smallest absolute Gasteiger partial charge is 0.191 e. The average molecular weight is 294 g/mol. The molecule has 0 saturated carbocycles. The summed E-state index contributed by atoms with van der Waals surface area (Å²) in [5.74, 6) is -1.37. The molecule has 114 valence electrons. The lowest BCUT2D eigenvalue weighted by molar-refractivity contribution is 0.0255. The topological polar surface area (TPSA) is 26.3 Å². The van der Waals surface area contributed by atoms with Crippen molar-refractivity contribution in [1.29, 1.82) is 0 Å². The van der Waals surface area contributed by atoms with Gasteiger partial charge in [-0.2, -0.15) is 0 Å². The zero-order valence-corrected chi connectivity index (χ0v) is 12.3. The highest BCUT2D eigenvalue weighted by Crippen LogP contribution is 2.25. The summed E-state index contributed by atoms with van der Waals surface area (Å²) in [5, 5.41) is 0. The second kappa shape index (κ2) is 6.94. The number of carbonyl (C=O) groups is 1. The number of benzene rings is 1. The molecule has 0 aliphatic heterocycles. The minimum Gasteiger partial charge on any atom is -0.370 e. The van der Waals surface area contributed by atoms with E-state index in [-0.39, 0.29) is 11.3 Å². The standard InChI is InChI=1S/C17H20F2O2/c1-11-5-3-4-6-14(11)10-21-12(2)17(20)13-7-8-15(18)16(19)9-13/h3-4,7-9,11-12,14H,5-6,10H2,1-2H3. The Morgan fingerprint density at radius 1 is 1.29 bits per heavy atom. The van der Waals surface area contributed by atoms with Gasteiger partial charge in [0, 0.05) is 5.56 Å². The van der Waals surface area contributed by atoms with Crippen LogP contribution in [-0.4, -0.2) is 18.5 Å². The van der Waals surface area contributed by atoms with Gasteiger partial charge in [-0.15, -0.1) is 0 Å². The first-order valence-electron chi connectivity index (χ1n) is 7.25. The minimum atomic E-state index is -1.01. The minimum absolute atomic E-state index is 0.137. The molecule has 2 nitrogen and oxygen atoms in total. The van der Waals surface area contributed by atoms with Gasteiger partial charge in [0.1, 0.15) is 6.10 Å². The summed E-state index contributed by atoms with van der Waals surface area (Å²) in [7, 11) is 0. The molecule has 0 saturated heterocycles. The normalized spacial score (nSPS) is 23.0. The Morgan fingerprint density at radius 3 is 2.67 bits per heavy atom. The molecule has 3 unspecified atom stereocenters. The molecule has 1 aromatic rings. The lowest BCUT2D eigenvalue weighted by atomic mass is 9.85. The molecule has 0 bridgehead atoms. The second-order valence-corrected chi connectivity index (χ2v) is 5.65. The van der Waals surface area contributed by atoms with Gasteiger partial charge in [-0.3, -0.25) is 4.79 Å². The van der Waals surface area contributed by atoms with E-state index in [2.05, 4.69) is 19.1 Å². The molecule has 2 rings (SSSR count). The quantitative estimate of drug-likeness (QED) is 0.602. The summed E-state index contributed by atoms with van der Waals surface area (Å²) in [6, 6.07) is 3.17. The molecular formula is C17H20F2O2. The first-order chi connectivity index (χ1) is 9.99. The number of hydrogen-bond acceptors (Lipinski definition) is 2. The lowest BCUT2D eigenvalue weighted by Crippen LogP contribution is -2.27. The summed E-state index contributed by atoms with van der Waals surface area (Å²) in [6.07, 6.45) is 5.62. The summed E-state index contributed by atoms with van der Waals surface area (Å²) in [5.41, 5.74) is 0.137. The second-order valence-electron chi connectivity index (χ2n) is 5.65. The van der Waals surface area contributed by atoms with Crippen molar-refractivity contribution < 1.29 is 18.3 Å². The van der Waals surface area contributed by atoms with E-state index in [4.69, 9.17) is 4.74 Å². The summed E-state index contributed by atoms with van der Waals surface area (Å²) in [4.78, 5) is 12.1. The van der Waals surface area contributed by atoms with Crippen molar-refractivity contribution in [1.82, 2.24) is 0 Å². The fourth-order valence-corrected chi connectivity index (χ4v) is 2.47. The van der Waals surface area contributed by atoms with Crippen LogP contribution in [0.2, 0.25) is 0 Å². The molecule has 1 aliphatic rings. The Bertz CT molecular complexity index is 540. The van der Waals surface area contributed by atoms with Gasteiger partial charge < -0.3 is 4.74 Å². The van der Waals surface area contributed by atoms with E-state index in [1.54, 1.807) is 6.92 Å². The fraction of sp³-hybridized carbons (Fsp3) is 0.471. The molecule has 0 aromatic heterocycles. The molecule has 0 spiro atoms. The maximum atomic E-state index is 13.2. The number of ketones is 1. The van der Waals surface area contributed by atoms with Crippen LogP contribution in [0.3, 0.4) is 0 Å². The molecule has 0 N–H and O–H groups in total. The fourth-order valence-electron chi connectivity index (χ4n) is 2.47. The first kappa shape index (κ1) is 15.8. The third kappa shape index (κ3) is 3.97. The Kier molecular flexibility index (Phi) is 5.23. The van der Waals surface area contributed by atoms with Crippen LogP contribution >= 0.6 is 0 Å². The number of carbonyl (C=O) groups excluding carboxylic acids is 1. The molecule has 1 aliphatic carbocycles. The molecule has 0 fully saturated rings. The summed E-state index contributed by atoms with van der Waals surface area (Å²) < 4.78 is 31.7. The van der Waals surface area contributed by atoms with Crippen LogP contribution in [0.5, 0.6) is 0 Å². The van der Waals surface area contributed by atoms with E-state index in [1.807, 2.05) is 0 Å². The van der Waals surface area contributed by atoms with Gasteiger partial charge in [0.25, 0.3) is 0 Å². The highest BCUT2D eigenvalue weighted by atomic mass is 19.2. The molecular weight excluding hydrogens is 274 g/mol.